The van der Waals surface area contributed by atoms with Crippen molar-refractivity contribution in [3.05, 3.63) is 23.8 Å². The van der Waals surface area contributed by atoms with Gasteiger partial charge in [-0.15, -0.1) is 0 Å². The fraction of sp³-hybridized carbons (Fsp3) is 0.571. The number of rotatable bonds is 3. The van der Waals surface area contributed by atoms with Gasteiger partial charge < -0.3 is 19.9 Å². The lowest BCUT2D eigenvalue weighted by molar-refractivity contribution is 0.0890. The maximum atomic E-state index is 10.3. The van der Waals surface area contributed by atoms with Crippen molar-refractivity contribution in [3.63, 3.8) is 0 Å². The number of piperidine rings is 1. The molecular formula is C14H19NO3. The molecule has 1 atom stereocenters. The highest BCUT2D eigenvalue weighted by Gasteiger charge is 2.22. The molecule has 2 heterocycles. The summed E-state index contributed by atoms with van der Waals surface area (Å²) in [4.78, 5) is 0. The Morgan fingerprint density at radius 3 is 2.83 bits per heavy atom. The zero-order valence-corrected chi connectivity index (χ0v) is 10.4. The molecule has 1 aromatic carbocycles. The van der Waals surface area contributed by atoms with Crippen LogP contribution in [0.15, 0.2) is 18.2 Å². The van der Waals surface area contributed by atoms with Gasteiger partial charge in [-0.3, -0.25) is 0 Å². The minimum absolute atomic E-state index is 0.257. The summed E-state index contributed by atoms with van der Waals surface area (Å²) in [5.74, 6) is 2.01. The van der Waals surface area contributed by atoms with E-state index in [1.807, 2.05) is 18.2 Å². The number of benzene rings is 1. The van der Waals surface area contributed by atoms with Crippen LogP contribution in [-0.2, 0) is 6.42 Å². The first-order valence-corrected chi connectivity index (χ1v) is 6.60. The fourth-order valence-electron chi connectivity index (χ4n) is 2.71. The van der Waals surface area contributed by atoms with E-state index in [4.69, 9.17) is 9.47 Å². The predicted molar refractivity (Wildman–Crippen MR) is 67.9 cm³/mol. The molecule has 98 valence electrons. The summed E-state index contributed by atoms with van der Waals surface area (Å²) < 4.78 is 10.6. The van der Waals surface area contributed by atoms with Gasteiger partial charge in [-0.05, 0) is 56.0 Å². The fourth-order valence-corrected chi connectivity index (χ4v) is 2.71. The molecule has 2 aliphatic heterocycles. The first kappa shape index (κ1) is 11.8. The SMILES string of the molecule is OC(Cc1ccc2c(c1)OCO2)C1CCNCC1. The number of fused-ring (bicyclic) bond motifs is 1. The van der Waals surface area contributed by atoms with Crippen molar-refractivity contribution < 1.29 is 14.6 Å². The van der Waals surface area contributed by atoms with Crippen LogP contribution in [0.4, 0.5) is 0 Å². The smallest absolute Gasteiger partial charge is 0.231 e. The Labute approximate surface area is 107 Å². The van der Waals surface area contributed by atoms with Crippen LogP contribution in [0.1, 0.15) is 18.4 Å². The second-order valence-corrected chi connectivity index (χ2v) is 5.05. The molecule has 0 amide bonds. The number of hydrogen-bond donors (Lipinski definition) is 2. The second-order valence-electron chi connectivity index (χ2n) is 5.05. The number of nitrogens with one attached hydrogen (secondary N) is 1. The van der Waals surface area contributed by atoms with E-state index in [1.165, 1.54) is 0 Å². The molecule has 0 aliphatic carbocycles. The van der Waals surface area contributed by atoms with E-state index in [9.17, 15) is 5.11 Å². The number of ether oxygens (including phenoxy) is 2. The van der Waals surface area contributed by atoms with E-state index in [0.29, 0.717) is 19.1 Å². The van der Waals surface area contributed by atoms with E-state index in [2.05, 4.69) is 5.32 Å². The van der Waals surface area contributed by atoms with Gasteiger partial charge in [0.05, 0.1) is 6.10 Å². The largest absolute Gasteiger partial charge is 0.454 e. The molecule has 4 heteroatoms. The van der Waals surface area contributed by atoms with Gasteiger partial charge in [-0.2, -0.15) is 0 Å². The summed E-state index contributed by atoms with van der Waals surface area (Å²) in [6.07, 6.45) is 2.56. The Balaban J connectivity index is 1.64. The quantitative estimate of drug-likeness (QED) is 0.848. The summed E-state index contributed by atoms with van der Waals surface area (Å²) in [6.45, 7) is 2.33. The Bertz CT molecular complexity index is 416. The lowest BCUT2D eigenvalue weighted by Gasteiger charge is -2.27. The molecule has 1 fully saturated rings. The molecule has 3 rings (SSSR count). The zero-order valence-electron chi connectivity index (χ0n) is 10.4. The van der Waals surface area contributed by atoms with Crippen molar-refractivity contribution in [2.24, 2.45) is 5.92 Å². The maximum Gasteiger partial charge on any atom is 0.231 e. The van der Waals surface area contributed by atoms with Gasteiger partial charge in [0, 0.05) is 0 Å². The van der Waals surface area contributed by atoms with Crippen molar-refractivity contribution >= 4 is 0 Å². The van der Waals surface area contributed by atoms with Gasteiger partial charge in [-0.25, -0.2) is 0 Å². The first-order chi connectivity index (χ1) is 8.83. The third-order valence-corrected chi connectivity index (χ3v) is 3.81. The van der Waals surface area contributed by atoms with Gasteiger partial charge >= 0.3 is 0 Å². The number of aliphatic hydroxyl groups is 1. The first-order valence-electron chi connectivity index (χ1n) is 6.60. The summed E-state index contributed by atoms with van der Waals surface area (Å²) in [6, 6.07) is 5.91. The normalized spacial score (nSPS) is 20.9. The van der Waals surface area contributed by atoms with Crippen molar-refractivity contribution in [2.45, 2.75) is 25.4 Å². The Morgan fingerprint density at radius 2 is 2.00 bits per heavy atom. The molecule has 0 aromatic heterocycles. The minimum Gasteiger partial charge on any atom is -0.454 e. The minimum atomic E-state index is -0.257. The van der Waals surface area contributed by atoms with E-state index in [-0.39, 0.29) is 6.10 Å². The molecule has 2 aliphatic rings. The summed E-state index contributed by atoms with van der Waals surface area (Å²) >= 11 is 0. The molecule has 18 heavy (non-hydrogen) atoms. The Morgan fingerprint density at radius 1 is 1.22 bits per heavy atom. The lowest BCUT2D eigenvalue weighted by atomic mass is 9.88. The zero-order chi connectivity index (χ0) is 12.4. The third-order valence-electron chi connectivity index (χ3n) is 3.81. The topological polar surface area (TPSA) is 50.7 Å². The summed E-state index contributed by atoms with van der Waals surface area (Å²) in [5, 5.41) is 13.6. The predicted octanol–water partition coefficient (Wildman–Crippen LogP) is 1.32. The lowest BCUT2D eigenvalue weighted by Crippen LogP contribution is -2.34. The molecule has 1 aromatic rings. The molecule has 1 saturated heterocycles. The van der Waals surface area contributed by atoms with Crippen LogP contribution in [0.2, 0.25) is 0 Å². The maximum absolute atomic E-state index is 10.3. The van der Waals surface area contributed by atoms with E-state index >= 15 is 0 Å². The van der Waals surface area contributed by atoms with Gasteiger partial charge in [0.15, 0.2) is 11.5 Å². The highest BCUT2D eigenvalue weighted by molar-refractivity contribution is 5.44. The van der Waals surface area contributed by atoms with Crippen molar-refractivity contribution in [3.8, 4) is 11.5 Å². The average Bonchev–Trinajstić information content (AvgIpc) is 2.87. The molecule has 0 bridgehead atoms. The van der Waals surface area contributed by atoms with Crippen molar-refractivity contribution in [1.82, 2.24) is 5.32 Å². The summed E-state index contributed by atoms with van der Waals surface area (Å²) in [5.41, 5.74) is 1.12. The van der Waals surface area contributed by atoms with E-state index < -0.39 is 0 Å². The van der Waals surface area contributed by atoms with Crippen LogP contribution >= 0.6 is 0 Å². The van der Waals surface area contributed by atoms with E-state index in [0.717, 1.165) is 43.0 Å². The van der Waals surface area contributed by atoms with Crippen LogP contribution in [0.25, 0.3) is 0 Å². The van der Waals surface area contributed by atoms with Crippen LogP contribution in [0, 0.1) is 5.92 Å². The van der Waals surface area contributed by atoms with Crippen molar-refractivity contribution in [2.75, 3.05) is 19.9 Å². The molecule has 2 N–H and O–H groups in total. The molecule has 0 saturated carbocycles. The molecule has 0 radical (unpaired) electrons. The third kappa shape index (κ3) is 2.44. The average molecular weight is 249 g/mol. The van der Waals surface area contributed by atoms with Crippen LogP contribution in [-0.4, -0.2) is 31.1 Å². The highest BCUT2D eigenvalue weighted by atomic mass is 16.7. The molecular weight excluding hydrogens is 230 g/mol. The number of aliphatic hydroxyl groups excluding tert-OH is 1. The Kier molecular flexibility index (Phi) is 3.39. The summed E-state index contributed by atoms with van der Waals surface area (Å²) in [7, 11) is 0. The standard InChI is InChI=1S/C14H19NO3/c16-12(11-3-5-15-6-4-11)7-10-1-2-13-14(8-10)18-9-17-13/h1-2,8,11-12,15-16H,3-7,9H2. The van der Waals surface area contributed by atoms with Gasteiger partial charge in [0.1, 0.15) is 0 Å². The van der Waals surface area contributed by atoms with Crippen LogP contribution in [0.5, 0.6) is 11.5 Å². The van der Waals surface area contributed by atoms with Crippen LogP contribution < -0.4 is 14.8 Å². The molecule has 4 nitrogen and oxygen atoms in total. The van der Waals surface area contributed by atoms with Gasteiger partial charge in [0.25, 0.3) is 0 Å². The van der Waals surface area contributed by atoms with E-state index in [1.54, 1.807) is 0 Å². The van der Waals surface area contributed by atoms with Crippen molar-refractivity contribution in [1.29, 1.82) is 0 Å². The second kappa shape index (κ2) is 5.16. The number of hydrogen-bond acceptors (Lipinski definition) is 4. The molecule has 1 unspecified atom stereocenters. The van der Waals surface area contributed by atoms with Gasteiger partial charge in [0.2, 0.25) is 6.79 Å². The van der Waals surface area contributed by atoms with Gasteiger partial charge in [-0.1, -0.05) is 6.07 Å². The Hall–Kier alpha value is -1.26. The highest BCUT2D eigenvalue weighted by Crippen LogP contribution is 2.33. The van der Waals surface area contributed by atoms with Crippen LogP contribution in [0.3, 0.4) is 0 Å². The monoisotopic (exact) mass is 249 g/mol. The molecule has 0 spiro atoms.